The molecule has 2 rings (SSSR count). The molecular formula is C10H20N2O. The van der Waals surface area contributed by atoms with E-state index in [0.717, 1.165) is 19.0 Å². The summed E-state index contributed by atoms with van der Waals surface area (Å²) in [4.78, 5) is 2.59. The Kier molecular flexibility index (Phi) is 2.86. The van der Waals surface area contributed by atoms with Gasteiger partial charge in [-0.05, 0) is 25.7 Å². The molecule has 1 saturated carbocycles. The molecule has 2 unspecified atom stereocenters. The maximum absolute atomic E-state index is 5.78. The van der Waals surface area contributed by atoms with Crippen LogP contribution in [0.25, 0.3) is 0 Å². The van der Waals surface area contributed by atoms with Crippen LogP contribution in [0.15, 0.2) is 0 Å². The van der Waals surface area contributed by atoms with E-state index in [1.165, 1.54) is 25.8 Å². The monoisotopic (exact) mass is 184 g/mol. The van der Waals surface area contributed by atoms with Gasteiger partial charge in [-0.2, -0.15) is 0 Å². The molecule has 0 aromatic heterocycles. The maximum atomic E-state index is 5.78. The lowest BCUT2D eigenvalue weighted by atomic mass is 9.99. The molecule has 13 heavy (non-hydrogen) atoms. The van der Waals surface area contributed by atoms with Crippen molar-refractivity contribution in [3.8, 4) is 0 Å². The number of methoxy groups -OCH3 is 1. The second-order valence-corrected chi connectivity index (χ2v) is 4.24. The van der Waals surface area contributed by atoms with E-state index in [1.807, 2.05) is 7.11 Å². The van der Waals surface area contributed by atoms with Crippen LogP contribution in [0.5, 0.6) is 0 Å². The van der Waals surface area contributed by atoms with Crippen LogP contribution in [0.1, 0.15) is 25.7 Å². The maximum Gasteiger partial charge on any atom is 0.0599 e. The number of likely N-dealkylation sites (tertiary alicyclic amines) is 1. The van der Waals surface area contributed by atoms with Crippen LogP contribution in [0.3, 0.4) is 0 Å². The predicted octanol–water partition coefficient (Wildman–Crippen LogP) is 0.587. The number of piperidine rings is 1. The zero-order valence-corrected chi connectivity index (χ0v) is 8.41. The van der Waals surface area contributed by atoms with Gasteiger partial charge in [0, 0.05) is 32.3 Å². The number of nitrogens with zero attached hydrogens (tertiary/aromatic N) is 1. The highest BCUT2D eigenvalue weighted by atomic mass is 16.5. The van der Waals surface area contributed by atoms with Crippen LogP contribution in [0, 0.1) is 0 Å². The Hall–Kier alpha value is -0.120. The fourth-order valence-electron chi connectivity index (χ4n) is 2.36. The van der Waals surface area contributed by atoms with E-state index < -0.39 is 0 Å². The van der Waals surface area contributed by atoms with Crippen molar-refractivity contribution < 1.29 is 4.74 Å². The average Bonchev–Trinajstić information content (AvgIpc) is 3.00. The number of nitrogens with two attached hydrogens (primary N) is 1. The minimum absolute atomic E-state index is 0.448. The molecule has 1 aliphatic carbocycles. The van der Waals surface area contributed by atoms with Gasteiger partial charge in [0.05, 0.1) is 6.10 Å². The summed E-state index contributed by atoms with van der Waals surface area (Å²) in [5, 5.41) is 0. The first-order chi connectivity index (χ1) is 6.35. The summed E-state index contributed by atoms with van der Waals surface area (Å²) in [6.07, 6.45) is 5.53. The normalized spacial score (nSPS) is 36.5. The van der Waals surface area contributed by atoms with Crippen molar-refractivity contribution in [2.24, 2.45) is 5.73 Å². The van der Waals surface area contributed by atoms with Crippen molar-refractivity contribution in [3.05, 3.63) is 0 Å². The minimum atomic E-state index is 0.448. The lowest BCUT2D eigenvalue weighted by Gasteiger charge is -2.38. The lowest BCUT2D eigenvalue weighted by Crippen LogP contribution is -2.49. The number of hydrogen-bond donors (Lipinski definition) is 1. The molecule has 3 heteroatoms. The van der Waals surface area contributed by atoms with Gasteiger partial charge in [0.1, 0.15) is 0 Å². The molecule has 0 bridgehead atoms. The quantitative estimate of drug-likeness (QED) is 0.697. The second kappa shape index (κ2) is 3.95. The molecule has 2 N–H and O–H groups in total. The van der Waals surface area contributed by atoms with Gasteiger partial charge in [-0.25, -0.2) is 0 Å². The Labute approximate surface area is 80.2 Å². The molecule has 0 amide bonds. The standard InChI is InChI=1S/C10H20N2O/c1-13-10-4-5-12(8-2-3-8)9(6-10)7-11/h8-10H,2-7,11H2,1H3. The highest BCUT2D eigenvalue weighted by Crippen LogP contribution is 2.32. The predicted molar refractivity (Wildman–Crippen MR) is 52.6 cm³/mol. The molecule has 0 radical (unpaired) electrons. The van der Waals surface area contributed by atoms with Crippen LogP contribution in [0.4, 0.5) is 0 Å². The third kappa shape index (κ3) is 2.03. The van der Waals surface area contributed by atoms with Crippen molar-refractivity contribution in [1.29, 1.82) is 0 Å². The Morgan fingerprint density at radius 1 is 1.38 bits per heavy atom. The van der Waals surface area contributed by atoms with Crippen LogP contribution in [-0.4, -0.2) is 43.3 Å². The topological polar surface area (TPSA) is 38.5 Å². The lowest BCUT2D eigenvalue weighted by molar-refractivity contribution is 0.0101. The largest absolute Gasteiger partial charge is 0.381 e. The van der Waals surface area contributed by atoms with E-state index in [2.05, 4.69) is 4.90 Å². The van der Waals surface area contributed by atoms with E-state index in [1.54, 1.807) is 0 Å². The highest BCUT2D eigenvalue weighted by molar-refractivity contribution is 4.93. The summed E-state index contributed by atoms with van der Waals surface area (Å²) in [6, 6.07) is 1.43. The Morgan fingerprint density at radius 2 is 2.15 bits per heavy atom. The van der Waals surface area contributed by atoms with Crippen molar-refractivity contribution in [2.45, 2.75) is 43.9 Å². The SMILES string of the molecule is COC1CCN(C2CC2)C(CN)C1. The van der Waals surface area contributed by atoms with E-state index in [4.69, 9.17) is 10.5 Å². The fraction of sp³-hybridized carbons (Fsp3) is 1.00. The molecule has 76 valence electrons. The van der Waals surface area contributed by atoms with Crippen molar-refractivity contribution >= 4 is 0 Å². The van der Waals surface area contributed by atoms with E-state index in [9.17, 15) is 0 Å². The van der Waals surface area contributed by atoms with Crippen LogP contribution >= 0.6 is 0 Å². The summed E-state index contributed by atoms with van der Waals surface area (Å²) >= 11 is 0. The molecular weight excluding hydrogens is 164 g/mol. The fourth-order valence-corrected chi connectivity index (χ4v) is 2.36. The minimum Gasteiger partial charge on any atom is -0.381 e. The summed E-state index contributed by atoms with van der Waals surface area (Å²) in [7, 11) is 1.81. The van der Waals surface area contributed by atoms with Crippen molar-refractivity contribution in [2.75, 3.05) is 20.2 Å². The summed E-state index contributed by atoms with van der Waals surface area (Å²) in [5.74, 6) is 0. The first-order valence-electron chi connectivity index (χ1n) is 5.33. The van der Waals surface area contributed by atoms with Gasteiger partial charge in [0.25, 0.3) is 0 Å². The molecule has 1 aliphatic heterocycles. The second-order valence-electron chi connectivity index (χ2n) is 4.24. The Balaban J connectivity index is 1.90. The van der Waals surface area contributed by atoms with Crippen molar-refractivity contribution in [1.82, 2.24) is 4.90 Å². The van der Waals surface area contributed by atoms with E-state index in [0.29, 0.717) is 12.1 Å². The molecule has 2 fully saturated rings. The Morgan fingerprint density at radius 3 is 2.69 bits per heavy atom. The van der Waals surface area contributed by atoms with Gasteiger partial charge >= 0.3 is 0 Å². The number of ether oxygens (including phenoxy) is 1. The van der Waals surface area contributed by atoms with Gasteiger partial charge in [-0.1, -0.05) is 0 Å². The molecule has 0 spiro atoms. The zero-order valence-electron chi connectivity index (χ0n) is 8.41. The molecule has 0 aromatic rings. The molecule has 3 nitrogen and oxygen atoms in total. The van der Waals surface area contributed by atoms with Gasteiger partial charge in [-0.15, -0.1) is 0 Å². The van der Waals surface area contributed by atoms with Crippen LogP contribution in [0.2, 0.25) is 0 Å². The molecule has 2 atom stereocenters. The highest BCUT2D eigenvalue weighted by Gasteiger charge is 2.37. The molecule has 1 saturated heterocycles. The van der Waals surface area contributed by atoms with E-state index >= 15 is 0 Å². The van der Waals surface area contributed by atoms with Crippen LogP contribution < -0.4 is 5.73 Å². The first kappa shape index (κ1) is 9.44. The third-order valence-electron chi connectivity index (χ3n) is 3.33. The summed E-state index contributed by atoms with van der Waals surface area (Å²) in [6.45, 7) is 1.97. The zero-order chi connectivity index (χ0) is 9.26. The average molecular weight is 184 g/mol. The smallest absolute Gasteiger partial charge is 0.0599 e. The third-order valence-corrected chi connectivity index (χ3v) is 3.33. The van der Waals surface area contributed by atoms with Crippen molar-refractivity contribution in [3.63, 3.8) is 0 Å². The number of rotatable bonds is 3. The van der Waals surface area contributed by atoms with Gasteiger partial charge < -0.3 is 10.5 Å². The number of hydrogen-bond acceptors (Lipinski definition) is 3. The molecule has 0 aromatic carbocycles. The summed E-state index contributed by atoms with van der Waals surface area (Å²) in [5.41, 5.74) is 5.78. The molecule has 1 heterocycles. The van der Waals surface area contributed by atoms with E-state index in [-0.39, 0.29) is 0 Å². The Bertz CT molecular complexity index is 170. The first-order valence-corrected chi connectivity index (χ1v) is 5.33. The van der Waals surface area contributed by atoms with Gasteiger partial charge in [-0.3, -0.25) is 4.90 Å². The van der Waals surface area contributed by atoms with Gasteiger partial charge in [0.2, 0.25) is 0 Å². The molecule has 2 aliphatic rings. The van der Waals surface area contributed by atoms with Gasteiger partial charge in [0.15, 0.2) is 0 Å². The van der Waals surface area contributed by atoms with Crippen LogP contribution in [-0.2, 0) is 4.74 Å². The summed E-state index contributed by atoms with van der Waals surface area (Å²) < 4.78 is 5.39.